The second kappa shape index (κ2) is 7.31. The van der Waals surface area contributed by atoms with E-state index in [2.05, 4.69) is 28.9 Å². The lowest BCUT2D eigenvalue weighted by molar-refractivity contribution is 0.184. The first-order valence-electron chi connectivity index (χ1n) is 4.14. The van der Waals surface area contributed by atoms with Crippen LogP contribution in [0.25, 0.3) is 0 Å². The van der Waals surface area contributed by atoms with Gasteiger partial charge < -0.3 is 4.89 Å². The Hall–Kier alpha value is 0.840. The van der Waals surface area contributed by atoms with Crippen LogP contribution in [-0.2, 0) is 26.1 Å². The van der Waals surface area contributed by atoms with Gasteiger partial charge in [0.15, 0.2) is 0 Å². The predicted octanol–water partition coefficient (Wildman–Crippen LogP) is 3.62. The molecule has 0 saturated heterocycles. The molecule has 0 aliphatic rings. The topological polar surface area (TPSA) is 91.3 Å². The molecule has 0 bridgehead atoms. The van der Waals surface area contributed by atoms with E-state index in [1.165, 1.54) is 0 Å². The van der Waals surface area contributed by atoms with Crippen LogP contribution in [-0.4, -0.2) is 11.5 Å². The molecule has 0 aromatic carbocycles. The molecule has 0 amide bonds. The molecule has 11 heteroatoms. The third kappa shape index (κ3) is 7.22. The number of hydrogen-bond donors (Lipinski definition) is 1. The minimum absolute atomic E-state index is 0.0239. The molecule has 0 aromatic heterocycles. The summed E-state index contributed by atoms with van der Waals surface area (Å²) < 4.78 is 38.4. The monoisotopic (exact) mass is 316 g/mol. The van der Waals surface area contributed by atoms with E-state index in [4.69, 9.17) is 16.8 Å². The van der Waals surface area contributed by atoms with Gasteiger partial charge in [-0.2, -0.15) is 12.5 Å². The fourth-order valence-corrected chi connectivity index (χ4v) is 2.94. The van der Waals surface area contributed by atoms with Gasteiger partial charge in [-0.3, -0.25) is 4.52 Å². The molecule has 0 spiro atoms. The van der Waals surface area contributed by atoms with Gasteiger partial charge in [-0.1, -0.05) is 13.8 Å². The molecule has 0 aliphatic heterocycles. The molecule has 0 aromatic rings. The fourth-order valence-electron chi connectivity index (χ4n) is 0.595. The molecular weight excluding hydrogens is 305 g/mol. The van der Waals surface area contributed by atoms with Crippen molar-refractivity contribution < 1.29 is 31.0 Å². The van der Waals surface area contributed by atoms with E-state index in [-0.39, 0.29) is 12.5 Å². The van der Waals surface area contributed by atoms with Gasteiger partial charge in [-0.15, -0.1) is 0 Å². The summed E-state index contributed by atoms with van der Waals surface area (Å²) in [7, 11) is -9.06. The standard InChI is InChI=1S/C5H12Cl2O7P2/c1-5(2)3-4-11-16(10,13-7)14-15(8,9)12-6/h5H,3-4H2,1-2H3,(H,8,9). The van der Waals surface area contributed by atoms with E-state index < -0.39 is 15.6 Å². The molecule has 0 radical (unpaired) electrons. The Morgan fingerprint density at radius 2 is 1.81 bits per heavy atom. The summed E-state index contributed by atoms with van der Waals surface area (Å²) in [5, 5.41) is 0. The molecule has 0 fully saturated rings. The van der Waals surface area contributed by atoms with Crippen molar-refractivity contribution in [1.82, 2.24) is 0 Å². The van der Waals surface area contributed by atoms with Crippen molar-refractivity contribution in [1.29, 1.82) is 0 Å². The molecule has 2 atom stereocenters. The van der Waals surface area contributed by atoms with Crippen LogP contribution in [0.5, 0.6) is 0 Å². The number of halogens is 2. The normalized spacial score (nSPS) is 19.4. The molecule has 98 valence electrons. The van der Waals surface area contributed by atoms with Crippen molar-refractivity contribution in [3.8, 4) is 0 Å². The summed E-state index contributed by atoms with van der Waals surface area (Å²) in [4.78, 5) is 8.79. The number of phosphoric acid groups is 2. The van der Waals surface area contributed by atoms with Crippen LogP contribution in [0.1, 0.15) is 20.3 Å². The van der Waals surface area contributed by atoms with Crippen LogP contribution in [0.2, 0.25) is 0 Å². The highest BCUT2D eigenvalue weighted by Gasteiger charge is 2.38. The highest BCUT2D eigenvalue weighted by Crippen LogP contribution is 2.64. The lowest BCUT2D eigenvalue weighted by atomic mass is 10.2. The van der Waals surface area contributed by atoms with Crippen LogP contribution < -0.4 is 0 Å². The van der Waals surface area contributed by atoms with Crippen LogP contribution in [0.4, 0.5) is 0 Å². The zero-order valence-electron chi connectivity index (χ0n) is 8.54. The summed E-state index contributed by atoms with van der Waals surface area (Å²) in [6.07, 6.45) is 0.533. The third-order valence-electron chi connectivity index (χ3n) is 1.32. The van der Waals surface area contributed by atoms with Crippen molar-refractivity contribution >= 4 is 39.4 Å². The van der Waals surface area contributed by atoms with Crippen molar-refractivity contribution in [3.63, 3.8) is 0 Å². The maximum absolute atomic E-state index is 11.5. The van der Waals surface area contributed by atoms with Gasteiger partial charge >= 0.3 is 15.6 Å². The van der Waals surface area contributed by atoms with E-state index in [1.807, 2.05) is 13.8 Å². The molecule has 16 heavy (non-hydrogen) atoms. The molecule has 0 aliphatic carbocycles. The molecule has 0 rings (SSSR count). The maximum atomic E-state index is 11.5. The van der Waals surface area contributed by atoms with E-state index >= 15 is 0 Å². The second-order valence-electron chi connectivity index (χ2n) is 3.15. The zero-order valence-corrected chi connectivity index (χ0v) is 11.8. The molecule has 0 saturated carbocycles. The van der Waals surface area contributed by atoms with Gasteiger partial charge in [0.05, 0.1) is 30.3 Å². The first-order valence-corrected chi connectivity index (χ1v) is 7.71. The quantitative estimate of drug-likeness (QED) is 0.684. The minimum atomic E-state index is -4.71. The van der Waals surface area contributed by atoms with E-state index in [1.54, 1.807) is 0 Å². The van der Waals surface area contributed by atoms with Crippen molar-refractivity contribution in [3.05, 3.63) is 0 Å². The smallest absolute Gasteiger partial charge is 0.301 e. The van der Waals surface area contributed by atoms with Crippen molar-refractivity contribution in [2.75, 3.05) is 6.61 Å². The highest BCUT2D eigenvalue weighted by molar-refractivity contribution is 7.62. The van der Waals surface area contributed by atoms with Gasteiger partial charge in [0.25, 0.3) is 0 Å². The Morgan fingerprint density at radius 3 is 2.19 bits per heavy atom. The van der Waals surface area contributed by atoms with E-state index in [9.17, 15) is 9.13 Å². The Kier molecular flexibility index (Phi) is 7.70. The number of rotatable bonds is 8. The Bertz CT molecular complexity index is 297. The van der Waals surface area contributed by atoms with Gasteiger partial charge in [0.1, 0.15) is 0 Å². The second-order valence-corrected chi connectivity index (χ2v) is 7.00. The zero-order chi connectivity index (χ0) is 12.8. The minimum Gasteiger partial charge on any atom is -0.301 e. The van der Waals surface area contributed by atoms with Gasteiger partial charge in [-0.25, -0.2) is 9.13 Å². The lowest BCUT2D eigenvalue weighted by Gasteiger charge is -2.15. The van der Waals surface area contributed by atoms with Crippen LogP contribution >= 0.6 is 39.4 Å². The summed E-state index contributed by atoms with van der Waals surface area (Å²) in [6, 6.07) is 0. The number of hydrogen-bond acceptors (Lipinski definition) is 6. The SMILES string of the molecule is CC(C)CCOP(=O)(OCl)OP(=O)(O)OCl. The molecule has 2 unspecified atom stereocenters. The molecule has 1 N–H and O–H groups in total. The Balaban J connectivity index is 4.32. The van der Waals surface area contributed by atoms with E-state index in [0.717, 1.165) is 0 Å². The third-order valence-corrected chi connectivity index (χ3v) is 4.82. The van der Waals surface area contributed by atoms with Gasteiger partial charge in [-0.05, 0) is 12.3 Å². The summed E-state index contributed by atoms with van der Waals surface area (Å²) >= 11 is 9.47. The van der Waals surface area contributed by atoms with Gasteiger partial charge in [0.2, 0.25) is 0 Å². The van der Waals surface area contributed by atoms with Crippen molar-refractivity contribution in [2.24, 2.45) is 5.92 Å². The highest BCUT2D eigenvalue weighted by atomic mass is 35.5. The summed E-state index contributed by atoms with van der Waals surface area (Å²) in [5.41, 5.74) is 0. The van der Waals surface area contributed by atoms with Crippen LogP contribution in [0.3, 0.4) is 0 Å². The fraction of sp³-hybridized carbons (Fsp3) is 1.00. The maximum Gasteiger partial charge on any atom is 0.500 e. The van der Waals surface area contributed by atoms with Crippen molar-refractivity contribution in [2.45, 2.75) is 20.3 Å². The lowest BCUT2D eigenvalue weighted by Crippen LogP contribution is -2.00. The summed E-state index contributed by atoms with van der Waals surface area (Å²) in [5.74, 6) is 0.272. The van der Waals surface area contributed by atoms with Crippen LogP contribution in [0, 0.1) is 5.92 Å². The largest absolute Gasteiger partial charge is 0.500 e. The molecule has 0 heterocycles. The Morgan fingerprint density at radius 1 is 1.25 bits per heavy atom. The first kappa shape index (κ1) is 16.8. The first-order chi connectivity index (χ1) is 7.24. The average molecular weight is 317 g/mol. The molecule has 7 nitrogen and oxygen atoms in total. The van der Waals surface area contributed by atoms with E-state index in [0.29, 0.717) is 6.42 Å². The summed E-state index contributed by atoms with van der Waals surface area (Å²) in [6.45, 7) is 3.77. The average Bonchev–Trinajstić information content (AvgIpc) is 2.16. The predicted molar refractivity (Wildman–Crippen MR) is 57.8 cm³/mol. The van der Waals surface area contributed by atoms with Crippen LogP contribution in [0.15, 0.2) is 0 Å². The van der Waals surface area contributed by atoms with Gasteiger partial charge in [0, 0.05) is 0 Å². The molecular formula is C5H12Cl2O7P2. The Labute approximate surface area is 103 Å².